The second-order valence-corrected chi connectivity index (χ2v) is 14.3. The molecule has 324 valence electrons. The predicted octanol–water partition coefficient (Wildman–Crippen LogP) is 7.81. The van der Waals surface area contributed by atoms with E-state index in [9.17, 15) is 19.5 Å². The molecule has 0 amide bonds. The molecule has 13 nitrogen and oxygen atoms in total. The normalized spacial score (nSPS) is 17.9. The van der Waals surface area contributed by atoms with Crippen molar-refractivity contribution >= 4 is 17.9 Å². The molecule has 13 heteroatoms. The predicted molar refractivity (Wildman–Crippen MR) is 229 cm³/mol. The Morgan fingerprint density at radius 3 is 1.67 bits per heavy atom. The Morgan fingerprint density at radius 2 is 1.10 bits per heavy atom. The molecule has 1 saturated heterocycles. The van der Waals surface area contributed by atoms with Crippen LogP contribution in [0.3, 0.4) is 0 Å². The van der Waals surface area contributed by atoms with Crippen molar-refractivity contribution in [2.45, 2.75) is 43.4 Å². The fourth-order valence-corrected chi connectivity index (χ4v) is 6.76. The number of hydrogen-bond donors (Lipinski definition) is 1. The number of ether oxygens (including phenoxy) is 9. The largest absolute Gasteiger partial charge is 0.493 e. The van der Waals surface area contributed by atoms with Crippen LogP contribution in [-0.4, -0.2) is 81.2 Å². The molecule has 6 aromatic rings. The minimum absolute atomic E-state index is 0.186. The molecule has 0 unspecified atom stereocenters. The van der Waals surface area contributed by atoms with Crippen LogP contribution in [0, 0.1) is 0 Å². The van der Waals surface area contributed by atoms with Crippen molar-refractivity contribution in [2.24, 2.45) is 0 Å². The summed E-state index contributed by atoms with van der Waals surface area (Å²) < 4.78 is 54.3. The van der Waals surface area contributed by atoms with Crippen LogP contribution in [0.25, 0.3) is 0 Å². The molecule has 0 spiro atoms. The first-order valence-corrected chi connectivity index (χ1v) is 20.1. The number of rotatable bonds is 18. The van der Waals surface area contributed by atoms with Gasteiger partial charge in [-0.05, 0) is 71.8 Å². The van der Waals surface area contributed by atoms with E-state index >= 15 is 0 Å². The van der Waals surface area contributed by atoms with Crippen molar-refractivity contribution in [1.29, 1.82) is 0 Å². The molecule has 1 N–H and O–H groups in total. The molecule has 1 aliphatic rings. The third-order valence-corrected chi connectivity index (χ3v) is 10.0. The van der Waals surface area contributed by atoms with Crippen molar-refractivity contribution < 1.29 is 62.1 Å². The molecule has 6 atom stereocenters. The molecule has 6 aromatic carbocycles. The van der Waals surface area contributed by atoms with Gasteiger partial charge in [0, 0.05) is 0 Å². The number of carbonyl (C=O) groups excluding carboxylic acids is 3. The summed E-state index contributed by atoms with van der Waals surface area (Å²) in [7, 11) is 2.98. The van der Waals surface area contributed by atoms with Gasteiger partial charge in [-0.3, -0.25) is 0 Å². The van der Waals surface area contributed by atoms with Crippen molar-refractivity contribution in [3.05, 3.63) is 192 Å². The van der Waals surface area contributed by atoms with Gasteiger partial charge >= 0.3 is 17.9 Å². The second kappa shape index (κ2) is 21.6. The van der Waals surface area contributed by atoms with Gasteiger partial charge in [0.1, 0.15) is 12.7 Å². The summed E-state index contributed by atoms with van der Waals surface area (Å²) in [6.07, 6.45) is -8.21. The van der Waals surface area contributed by atoms with E-state index in [4.69, 9.17) is 42.6 Å². The minimum atomic E-state index is -1.52. The van der Waals surface area contributed by atoms with Gasteiger partial charge in [-0.1, -0.05) is 103 Å². The molecule has 0 radical (unpaired) electrons. The van der Waals surface area contributed by atoms with Gasteiger partial charge in [0.05, 0.1) is 44.1 Å². The van der Waals surface area contributed by atoms with Gasteiger partial charge in [0.25, 0.3) is 0 Å². The third kappa shape index (κ3) is 11.4. The SMILES string of the molecule is COc1cc([C@@H](O)[C@@H](CO[C@@H]2OC[C@@H](OC(=O)c3ccccc3)[C@H](OC(=O)c3ccccc3)[C@H]2OC(=O)c2ccccc2)Oc2ccccc2OC)ccc1OCc1ccccc1. The number of hydrogen-bond acceptors (Lipinski definition) is 13. The molecule has 0 bridgehead atoms. The molecule has 0 aliphatic carbocycles. The Kier molecular flexibility index (Phi) is 15.0. The van der Waals surface area contributed by atoms with E-state index < -0.39 is 54.7 Å². The van der Waals surface area contributed by atoms with Crippen LogP contribution in [0.1, 0.15) is 48.3 Å². The van der Waals surface area contributed by atoms with Gasteiger partial charge < -0.3 is 47.7 Å². The highest BCUT2D eigenvalue weighted by Gasteiger charge is 2.49. The Hall–Kier alpha value is -7.19. The lowest BCUT2D eigenvalue weighted by molar-refractivity contribution is -0.274. The van der Waals surface area contributed by atoms with E-state index in [1.165, 1.54) is 14.2 Å². The quantitative estimate of drug-likeness (QED) is 0.0661. The number of aliphatic hydroxyl groups is 1. The van der Waals surface area contributed by atoms with Crippen LogP contribution in [0.5, 0.6) is 23.0 Å². The lowest BCUT2D eigenvalue weighted by Crippen LogP contribution is -2.58. The highest BCUT2D eigenvalue weighted by Crippen LogP contribution is 2.36. The summed E-state index contributed by atoms with van der Waals surface area (Å²) in [6.45, 7) is -0.429. The topological polar surface area (TPSA) is 155 Å². The van der Waals surface area contributed by atoms with Crippen LogP contribution >= 0.6 is 0 Å². The minimum Gasteiger partial charge on any atom is -0.493 e. The summed E-state index contributed by atoms with van der Waals surface area (Å²) in [5, 5.41) is 12.1. The van der Waals surface area contributed by atoms with Gasteiger partial charge in [-0.2, -0.15) is 0 Å². The molecule has 63 heavy (non-hydrogen) atoms. The number of benzene rings is 6. The molecule has 1 heterocycles. The van der Waals surface area contributed by atoms with E-state index in [2.05, 4.69) is 0 Å². The number of esters is 3. The summed E-state index contributed by atoms with van der Waals surface area (Å²) in [4.78, 5) is 40.9. The summed E-state index contributed by atoms with van der Waals surface area (Å²) >= 11 is 0. The first kappa shape index (κ1) is 43.9. The molecule has 1 aliphatic heterocycles. The van der Waals surface area contributed by atoms with E-state index in [1.54, 1.807) is 133 Å². The van der Waals surface area contributed by atoms with Gasteiger partial charge in [0.15, 0.2) is 53.7 Å². The number of methoxy groups -OCH3 is 2. The van der Waals surface area contributed by atoms with Crippen molar-refractivity contribution in [3.63, 3.8) is 0 Å². The molecule has 0 saturated carbocycles. The van der Waals surface area contributed by atoms with E-state index in [0.717, 1.165) is 5.56 Å². The summed E-state index contributed by atoms with van der Waals surface area (Å²) in [6, 6.07) is 46.2. The molecular formula is C50H46O13. The molecular weight excluding hydrogens is 809 g/mol. The van der Waals surface area contributed by atoms with Gasteiger partial charge in [0.2, 0.25) is 0 Å². The summed E-state index contributed by atoms with van der Waals surface area (Å²) in [5.74, 6) is -0.802. The number of aliphatic hydroxyl groups excluding tert-OH is 1. The maximum absolute atomic E-state index is 13.8. The summed E-state index contributed by atoms with van der Waals surface area (Å²) in [5.41, 5.74) is 1.97. The zero-order valence-corrected chi connectivity index (χ0v) is 34.5. The molecule has 0 aromatic heterocycles. The monoisotopic (exact) mass is 854 g/mol. The number of carbonyl (C=O) groups is 3. The van der Waals surface area contributed by atoms with Crippen LogP contribution < -0.4 is 18.9 Å². The lowest BCUT2D eigenvalue weighted by Gasteiger charge is -2.41. The van der Waals surface area contributed by atoms with Crippen LogP contribution in [0.15, 0.2) is 164 Å². The average molecular weight is 855 g/mol. The smallest absolute Gasteiger partial charge is 0.338 e. The van der Waals surface area contributed by atoms with Crippen molar-refractivity contribution in [3.8, 4) is 23.0 Å². The Morgan fingerprint density at radius 1 is 0.587 bits per heavy atom. The maximum atomic E-state index is 13.8. The second-order valence-electron chi connectivity index (χ2n) is 14.3. The Balaban J connectivity index is 1.20. The standard InChI is InChI=1S/C50H46O13/c1-55-38-25-15-16-26-40(38)60-42(44(51)37-27-28-39(41(29-37)56-2)57-30-33-17-7-3-8-18-33)31-58-50-46(63-49(54)36-23-13-6-14-24-36)45(62-48(53)35-21-11-5-12-22-35)43(32-59-50)61-47(52)34-19-9-4-10-20-34/h3-29,42-46,50-51H,30-32H2,1-2H3/t42-,43-,44-,45+,46-,50-/m1/s1. The molecule has 1 fully saturated rings. The zero-order chi connectivity index (χ0) is 44.0. The Bertz CT molecular complexity index is 2400. The third-order valence-electron chi connectivity index (χ3n) is 10.0. The lowest BCUT2D eigenvalue weighted by atomic mass is 10.0. The first-order valence-electron chi connectivity index (χ1n) is 20.1. The fraction of sp³-hybridized carbons (Fsp3) is 0.220. The van der Waals surface area contributed by atoms with E-state index in [1.807, 2.05) is 30.3 Å². The molecule has 7 rings (SSSR count). The van der Waals surface area contributed by atoms with Crippen LogP contribution in [0.4, 0.5) is 0 Å². The maximum Gasteiger partial charge on any atom is 0.338 e. The zero-order valence-electron chi connectivity index (χ0n) is 34.5. The van der Waals surface area contributed by atoms with Crippen LogP contribution in [0.2, 0.25) is 0 Å². The highest BCUT2D eigenvalue weighted by molar-refractivity contribution is 5.91. The van der Waals surface area contributed by atoms with Crippen molar-refractivity contribution in [1.82, 2.24) is 0 Å². The van der Waals surface area contributed by atoms with Crippen molar-refractivity contribution in [2.75, 3.05) is 27.4 Å². The van der Waals surface area contributed by atoms with Crippen LogP contribution in [-0.2, 0) is 30.3 Å². The average Bonchev–Trinajstić information content (AvgIpc) is 3.34. The van der Waals surface area contributed by atoms with E-state index in [0.29, 0.717) is 28.6 Å². The highest BCUT2D eigenvalue weighted by atomic mass is 16.7. The Labute approximate surface area is 364 Å². The van der Waals surface area contributed by atoms with E-state index in [-0.39, 0.29) is 36.5 Å². The van der Waals surface area contributed by atoms with Gasteiger partial charge in [-0.25, -0.2) is 14.4 Å². The fourth-order valence-electron chi connectivity index (χ4n) is 6.76. The van der Waals surface area contributed by atoms with Gasteiger partial charge in [-0.15, -0.1) is 0 Å². The number of para-hydroxylation sites is 2. The first-order chi connectivity index (χ1) is 30.8.